The van der Waals surface area contributed by atoms with Gasteiger partial charge in [-0.15, -0.1) is 0 Å². The molecule has 0 atom stereocenters. The first-order chi connectivity index (χ1) is 9.04. The quantitative estimate of drug-likeness (QED) is 0.738. The molecule has 0 aliphatic rings. The van der Waals surface area contributed by atoms with Crippen molar-refractivity contribution in [3.8, 4) is 0 Å². The van der Waals surface area contributed by atoms with Crippen LogP contribution >= 0.6 is 0 Å². The largest absolute Gasteiger partial charge is 0.383 e. The third-order valence-electron chi connectivity index (χ3n) is 2.27. The topological polar surface area (TPSA) is 80.3 Å². The monoisotopic (exact) mass is 265 g/mol. The van der Waals surface area contributed by atoms with E-state index >= 15 is 0 Å². The average Bonchev–Trinajstić information content (AvgIpc) is 2.38. The van der Waals surface area contributed by atoms with Crippen molar-refractivity contribution >= 4 is 11.8 Å². The number of nitrogens with zero attached hydrogens (tertiary/aromatic N) is 1. The van der Waals surface area contributed by atoms with Gasteiger partial charge in [-0.25, -0.2) is 0 Å². The number of hydrogen-bond acceptors (Lipinski definition) is 4. The third kappa shape index (κ3) is 5.05. The lowest BCUT2D eigenvalue weighted by Gasteiger charge is -2.09. The van der Waals surface area contributed by atoms with Gasteiger partial charge < -0.3 is 15.4 Å². The van der Waals surface area contributed by atoms with E-state index in [-0.39, 0.29) is 23.6 Å². The van der Waals surface area contributed by atoms with E-state index < -0.39 is 0 Å². The molecule has 0 saturated carbocycles. The number of methoxy groups -OCH3 is 1. The number of hydrogen-bond donors (Lipinski definition) is 2. The van der Waals surface area contributed by atoms with Crippen molar-refractivity contribution in [2.24, 2.45) is 0 Å². The maximum Gasteiger partial charge on any atom is 0.270 e. The Balaban J connectivity index is 2.71. The Labute approximate surface area is 112 Å². The van der Waals surface area contributed by atoms with Crippen LogP contribution in [0.25, 0.3) is 0 Å². The Bertz CT molecular complexity index is 447. The number of rotatable bonds is 6. The van der Waals surface area contributed by atoms with Gasteiger partial charge in [0.1, 0.15) is 5.69 Å². The van der Waals surface area contributed by atoms with E-state index in [1.165, 1.54) is 12.3 Å². The number of carbonyl (C=O) groups is 2. The molecule has 19 heavy (non-hydrogen) atoms. The lowest BCUT2D eigenvalue weighted by molar-refractivity contribution is 0.0937. The van der Waals surface area contributed by atoms with Gasteiger partial charge in [-0.2, -0.15) is 0 Å². The first-order valence-corrected chi connectivity index (χ1v) is 6.08. The fourth-order valence-electron chi connectivity index (χ4n) is 1.40. The Morgan fingerprint density at radius 2 is 2.11 bits per heavy atom. The molecule has 0 fully saturated rings. The van der Waals surface area contributed by atoms with Crippen LogP contribution in [0, 0.1) is 0 Å². The summed E-state index contributed by atoms with van der Waals surface area (Å²) in [6.45, 7) is 4.58. The minimum Gasteiger partial charge on any atom is -0.383 e. The van der Waals surface area contributed by atoms with Crippen LogP contribution in [0.4, 0.5) is 0 Å². The van der Waals surface area contributed by atoms with Gasteiger partial charge in [0.15, 0.2) is 0 Å². The average molecular weight is 265 g/mol. The normalized spacial score (nSPS) is 10.3. The Kier molecular flexibility index (Phi) is 5.95. The number of amides is 2. The number of ether oxygens (including phenoxy) is 1. The molecule has 0 aliphatic carbocycles. The second-order valence-electron chi connectivity index (χ2n) is 4.31. The minimum atomic E-state index is -0.290. The van der Waals surface area contributed by atoms with Crippen LogP contribution in [-0.4, -0.2) is 43.1 Å². The maximum absolute atomic E-state index is 11.8. The van der Waals surface area contributed by atoms with E-state index in [1.807, 2.05) is 13.8 Å². The SMILES string of the molecule is COCCNC(=O)c1ccnc(C(=O)NC(C)C)c1. The number of aromatic nitrogens is 1. The molecule has 0 spiro atoms. The molecule has 0 aliphatic heterocycles. The summed E-state index contributed by atoms with van der Waals surface area (Å²) >= 11 is 0. The van der Waals surface area contributed by atoms with Gasteiger partial charge >= 0.3 is 0 Å². The van der Waals surface area contributed by atoms with Crippen LogP contribution in [0.15, 0.2) is 18.3 Å². The number of carbonyl (C=O) groups excluding carboxylic acids is 2. The highest BCUT2D eigenvalue weighted by atomic mass is 16.5. The minimum absolute atomic E-state index is 0.0217. The van der Waals surface area contributed by atoms with E-state index in [2.05, 4.69) is 15.6 Å². The fraction of sp³-hybridized carbons (Fsp3) is 0.462. The predicted molar refractivity (Wildman–Crippen MR) is 71.0 cm³/mol. The zero-order valence-electron chi connectivity index (χ0n) is 11.4. The molecule has 0 radical (unpaired) electrons. The Hall–Kier alpha value is -1.95. The zero-order chi connectivity index (χ0) is 14.3. The third-order valence-corrected chi connectivity index (χ3v) is 2.27. The van der Waals surface area contributed by atoms with Gasteiger partial charge in [-0.05, 0) is 26.0 Å². The van der Waals surface area contributed by atoms with Crippen molar-refractivity contribution in [1.29, 1.82) is 0 Å². The molecule has 2 amide bonds. The number of nitrogens with one attached hydrogen (secondary N) is 2. The second kappa shape index (κ2) is 7.48. The Morgan fingerprint density at radius 3 is 2.74 bits per heavy atom. The van der Waals surface area contributed by atoms with Gasteiger partial charge in [0.25, 0.3) is 11.8 Å². The predicted octanol–water partition coefficient (Wildman–Crippen LogP) is 0.596. The van der Waals surface area contributed by atoms with Crippen molar-refractivity contribution in [1.82, 2.24) is 15.6 Å². The van der Waals surface area contributed by atoms with E-state index in [4.69, 9.17) is 4.74 Å². The van der Waals surface area contributed by atoms with Crippen LogP contribution in [-0.2, 0) is 4.74 Å². The summed E-state index contributed by atoms with van der Waals surface area (Å²) in [7, 11) is 1.56. The molecule has 0 aromatic carbocycles. The molecule has 2 N–H and O–H groups in total. The second-order valence-corrected chi connectivity index (χ2v) is 4.31. The first-order valence-electron chi connectivity index (χ1n) is 6.08. The van der Waals surface area contributed by atoms with Crippen molar-refractivity contribution in [2.75, 3.05) is 20.3 Å². The Morgan fingerprint density at radius 1 is 1.37 bits per heavy atom. The van der Waals surface area contributed by atoms with Gasteiger partial charge in [0.05, 0.1) is 6.61 Å². The van der Waals surface area contributed by atoms with E-state index in [9.17, 15) is 9.59 Å². The summed E-state index contributed by atoms with van der Waals surface area (Å²) in [6, 6.07) is 3.06. The molecule has 1 aromatic rings. The van der Waals surface area contributed by atoms with Crippen LogP contribution in [0.3, 0.4) is 0 Å². The van der Waals surface area contributed by atoms with Gasteiger partial charge in [-0.3, -0.25) is 14.6 Å². The lowest BCUT2D eigenvalue weighted by Crippen LogP contribution is -2.31. The van der Waals surface area contributed by atoms with Crippen LogP contribution in [0.1, 0.15) is 34.7 Å². The van der Waals surface area contributed by atoms with Crippen LogP contribution in [0.2, 0.25) is 0 Å². The summed E-state index contributed by atoms with van der Waals surface area (Å²) in [5, 5.41) is 5.41. The molecule has 104 valence electrons. The highest BCUT2D eigenvalue weighted by Gasteiger charge is 2.12. The highest BCUT2D eigenvalue weighted by molar-refractivity contribution is 5.98. The maximum atomic E-state index is 11.8. The van der Waals surface area contributed by atoms with Crippen molar-refractivity contribution in [3.05, 3.63) is 29.6 Å². The van der Waals surface area contributed by atoms with Crippen molar-refractivity contribution in [2.45, 2.75) is 19.9 Å². The van der Waals surface area contributed by atoms with E-state index in [1.54, 1.807) is 13.2 Å². The summed E-state index contributed by atoms with van der Waals surface area (Å²) in [6.07, 6.45) is 1.44. The molecular formula is C13H19N3O3. The molecule has 6 nitrogen and oxygen atoms in total. The molecule has 0 bridgehead atoms. The molecule has 0 unspecified atom stereocenters. The molecule has 6 heteroatoms. The van der Waals surface area contributed by atoms with E-state index in [0.29, 0.717) is 18.7 Å². The highest BCUT2D eigenvalue weighted by Crippen LogP contribution is 2.02. The molecule has 1 aromatic heterocycles. The molecular weight excluding hydrogens is 246 g/mol. The zero-order valence-corrected chi connectivity index (χ0v) is 11.4. The summed E-state index contributed by atoms with van der Waals surface area (Å²) in [5.41, 5.74) is 0.633. The first kappa shape index (κ1) is 15.1. The molecule has 1 heterocycles. The lowest BCUT2D eigenvalue weighted by atomic mass is 10.2. The summed E-state index contributed by atoms with van der Waals surface area (Å²) in [4.78, 5) is 27.5. The van der Waals surface area contributed by atoms with Gasteiger partial charge in [0.2, 0.25) is 0 Å². The standard InChI is InChI=1S/C13H19N3O3/c1-9(2)16-13(18)11-8-10(4-5-14-11)12(17)15-6-7-19-3/h4-5,8-9H,6-7H2,1-3H3,(H,15,17)(H,16,18). The van der Waals surface area contributed by atoms with E-state index in [0.717, 1.165) is 0 Å². The summed E-state index contributed by atoms with van der Waals surface area (Å²) in [5.74, 6) is -0.542. The summed E-state index contributed by atoms with van der Waals surface area (Å²) < 4.78 is 4.84. The fourth-order valence-corrected chi connectivity index (χ4v) is 1.40. The van der Waals surface area contributed by atoms with Gasteiger partial charge in [0, 0.05) is 31.5 Å². The number of pyridine rings is 1. The van der Waals surface area contributed by atoms with Crippen molar-refractivity contribution < 1.29 is 14.3 Å². The van der Waals surface area contributed by atoms with Gasteiger partial charge in [-0.1, -0.05) is 0 Å². The van der Waals surface area contributed by atoms with Crippen LogP contribution < -0.4 is 10.6 Å². The molecule has 0 saturated heterocycles. The smallest absolute Gasteiger partial charge is 0.270 e. The van der Waals surface area contributed by atoms with Crippen molar-refractivity contribution in [3.63, 3.8) is 0 Å². The molecule has 1 rings (SSSR count). The van der Waals surface area contributed by atoms with Crippen LogP contribution in [0.5, 0.6) is 0 Å².